The lowest BCUT2D eigenvalue weighted by Crippen LogP contribution is -2.74. The first-order chi connectivity index (χ1) is 30.2. The van der Waals surface area contributed by atoms with Crippen molar-refractivity contribution in [2.24, 2.45) is 5.16 Å². The summed E-state index contributed by atoms with van der Waals surface area (Å²) in [6.07, 6.45) is -0.824. The number of hydrogen-bond donors (Lipinski definition) is 2. The molecule has 8 rings (SSSR count). The summed E-state index contributed by atoms with van der Waals surface area (Å²) < 4.78 is 47.1. The average molecular weight is 984 g/mol. The first-order valence-corrected chi connectivity index (χ1v) is 23.0. The van der Waals surface area contributed by atoms with Gasteiger partial charge in [0.05, 0.1) is 16.6 Å². The van der Waals surface area contributed by atoms with Crippen LogP contribution in [0.5, 0.6) is 0 Å². The van der Waals surface area contributed by atoms with Gasteiger partial charge in [-0.15, -0.1) is 11.3 Å². The fourth-order valence-electron chi connectivity index (χ4n) is 7.58. The maximum atomic E-state index is 14.1. The number of halogens is 3. The van der Waals surface area contributed by atoms with Crippen LogP contribution in [0.15, 0.2) is 173 Å². The molecule has 2 amide bonds. The Morgan fingerprint density at radius 3 is 1.82 bits per heavy atom. The van der Waals surface area contributed by atoms with E-state index < -0.39 is 64.0 Å². The molecule has 0 aliphatic carbocycles. The molecule has 0 spiro atoms. The molecule has 0 bridgehead atoms. The van der Waals surface area contributed by atoms with Crippen LogP contribution in [0.4, 0.5) is 13.9 Å². The number of alkyl halides is 3. The fraction of sp³-hybridized carbons (Fsp3) is 0.152. The van der Waals surface area contributed by atoms with E-state index in [0.29, 0.717) is 21.8 Å². The van der Waals surface area contributed by atoms with E-state index in [9.17, 15) is 27.4 Å². The number of thiazole rings is 1. The van der Waals surface area contributed by atoms with Gasteiger partial charge in [0, 0.05) is 9.81 Å². The molecule has 3 atom stereocenters. The molecule has 1 aromatic heterocycles. The highest BCUT2D eigenvalue weighted by molar-refractivity contribution is 14.1. The van der Waals surface area contributed by atoms with E-state index in [-0.39, 0.29) is 21.6 Å². The molecule has 2 N–H and O–H groups in total. The summed E-state index contributed by atoms with van der Waals surface area (Å²) in [5.74, 6) is -2.70. The number of aromatic nitrogens is 1. The van der Waals surface area contributed by atoms with Gasteiger partial charge in [0.15, 0.2) is 16.9 Å². The van der Waals surface area contributed by atoms with Crippen LogP contribution in [0.1, 0.15) is 39.6 Å². The van der Waals surface area contributed by atoms with Gasteiger partial charge < -0.3 is 20.2 Å². The van der Waals surface area contributed by atoms with Gasteiger partial charge in [-0.25, -0.2) is 9.78 Å². The minimum Gasteiger partial charge on any atom is -0.448 e. The number of ether oxygens (including phenoxy) is 1. The van der Waals surface area contributed by atoms with Crippen molar-refractivity contribution < 1.29 is 36.9 Å². The van der Waals surface area contributed by atoms with E-state index in [2.05, 4.69) is 25.6 Å². The molecule has 62 heavy (non-hydrogen) atoms. The Labute approximate surface area is 375 Å². The molecule has 2 aliphatic rings. The third-order valence-corrected chi connectivity index (χ3v) is 13.7. The van der Waals surface area contributed by atoms with Gasteiger partial charge in [-0.05, 0) is 33.4 Å². The summed E-state index contributed by atoms with van der Waals surface area (Å²) >= 11 is 3.13. The summed E-state index contributed by atoms with van der Waals surface area (Å²) in [6.45, 7) is -3.39. The van der Waals surface area contributed by atoms with Gasteiger partial charge >= 0.3 is 12.6 Å². The van der Waals surface area contributed by atoms with E-state index in [0.717, 1.165) is 32.9 Å². The highest BCUT2D eigenvalue weighted by Crippen LogP contribution is 2.41. The molecule has 11 nitrogen and oxygen atoms in total. The topological polar surface area (TPSA) is 139 Å². The second-order valence-corrected chi connectivity index (χ2v) is 17.2. The highest BCUT2D eigenvalue weighted by Gasteiger charge is 2.57. The molecular formula is C46H36F2IN5O6S2. The number of amides is 2. The molecule has 0 radical (unpaired) electrons. The van der Waals surface area contributed by atoms with Crippen molar-refractivity contribution in [3.63, 3.8) is 0 Å². The molecule has 0 saturated carbocycles. The zero-order valence-electron chi connectivity index (χ0n) is 32.5. The predicted molar refractivity (Wildman–Crippen MR) is 241 cm³/mol. The number of β-lactam (4-membered cyclic amide) rings is 1. The lowest BCUT2D eigenvalue weighted by molar-refractivity contribution is -0.154. The van der Waals surface area contributed by atoms with Crippen LogP contribution >= 0.6 is 33.9 Å². The number of rotatable bonds is 15. The zero-order chi connectivity index (χ0) is 43.2. The van der Waals surface area contributed by atoms with Crippen LogP contribution in [0, 0.1) is 0 Å². The van der Waals surface area contributed by atoms with Gasteiger partial charge in [-0.3, -0.25) is 18.7 Å². The number of hydrogen-bond acceptors (Lipinski definition) is 10. The van der Waals surface area contributed by atoms with Crippen LogP contribution in [0.3, 0.4) is 0 Å². The summed E-state index contributed by atoms with van der Waals surface area (Å²) in [5.41, 5.74) is 2.61. The Balaban J connectivity index is 1.07. The van der Waals surface area contributed by atoms with Crippen LogP contribution < -0.4 is 10.6 Å². The first kappa shape index (κ1) is 42.6. The average Bonchev–Trinajstić information content (AvgIpc) is 3.77. The third-order valence-electron chi connectivity index (χ3n) is 10.4. The van der Waals surface area contributed by atoms with Crippen molar-refractivity contribution >= 4 is 73.4 Å². The molecule has 3 heterocycles. The van der Waals surface area contributed by atoms with E-state index in [4.69, 9.17) is 4.74 Å². The Hall–Kier alpha value is -6.11. The number of carbonyl (C=O) groups is 3. The number of anilines is 1. The maximum Gasteiger partial charge on any atom is 0.407 e. The van der Waals surface area contributed by atoms with Gasteiger partial charge in [0.2, 0.25) is 0 Å². The first-order valence-electron chi connectivity index (χ1n) is 19.2. The molecule has 1 fully saturated rings. The summed E-state index contributed by atoms with van der Waals surface area (Å²) in [4.78, 5) is 52.2. The second-order valence-electron chi connectivity index (χ2n) is 14.1. The number of nitrogens with one attached hydrogen (secondary N) is 2. The molecule has 1 saturated heterocycles. The number of carbonyl (C=O) groups excluding carboxylic acids is 3. The van der Waals surface area contributed by atoms with E-state index in [1.807, 2.05) is 174 Å². The third kappa shape index (κ3) is 8.54. The summed E-state index contributed by atoms with van der Waals surface area (Å²) in [5, 5.41) is 10.2. The van der Waals surface area contributed by atoms with Crippen molar-refractivity contribution in [3.05, 3.63) is 202 Å². The minimum atomic E-state index is -3.39. The van der Waals surface area contributed by atoms with E-state index in [1.165, 1.54) is 5.38 Å². The SMILES string of the molecule is O=C(NC1C(=O)N2C(C(=O)OC(c3ccccc3)c3ccccc3)=C(CI)CS(=O)[C@@H]12)C(=NOC(F)F)c1csc(NC(c2ccccc2)(c2ccccc2)c2ccccc2)n1. The van der Waals surface area contributed by atoms with Crippen LogP contribution in [-0.2, 0) is 40.3 Å². The second kappa shape index (κ2) is 18.9. The zero-order valence-corrected chi connectivity index (χ0v) is 36.3. The smallest absolute Gasteiger partial charge is 0.407 e. The maximum absolute atomic E-state index is 14.1. The van der Waals surface area contributed by atoms with Crippen molar-refractivity contribution in [1.29, 1.82) is 0 Å². The Morgan fingerprint density at radius 2 is 1.34 bits per heavy atom. The largest absolute Gasteiger partial charge is 0.448 e. The molecule has 5 aromatic carbocycles. The van der Waals surface area contributed by atoms with Gasteiger partial charge in [0.25, 0.3) is 11.8 Å². The number of benzene rings is 5. The number of esters is 1. The lowest BCUT2D eigenvalue weighted by Gasteiger charge is -2.49. The summed E-state index contributed by atoms with van der Waals surface area (Å²) in [7, 11) is -1.77. The van der Waals surface area contributed by atoms with E-state index in [1.54, 1.807) is 0 Å². The molecule has 6 aromatic rings. The fourth-order valence-corrected chi connectivity index (χ4v) is 11.0. The van der Waals surface area contributed by atoms with Crippen molar-refractivity contribution in [1.82, 2.24) is 15.2 Å². The van der Waals surface area contributed by atoms with Crippen molar-refractivity contribution in [2.45, 2.75) is 29.7 Å². The highest BCUT2D eigenvalue weighted by atomic mass is 127. The lowest BCUT2D eigenvalue weighted by atomic mass is 9.77. The number of oxime groups is 1. The number of fused-ring (bicyclic) bond motifs is 1. The molecule has 16 heteroatoms. The Bertz CT molecular complexity index is 2510. The van der Waals surface area contributed by atoms with Gasteiger partial charge in [-0.2, -0.15) is 8.78 Å². The standard InChI is InChI=1S/C46H36F2IN5O6S2/c47-44(48)60-53-36(35-27-61-45(50-35)52-46(32-20-10-3-11-21-32,33-22-12-4-13-23-33)34-24-14-5-15-25-34)40(55)51-37-41(56)54-38(31(26-49)28-62(58)42(37)54)43(57)59-39(29-16-6-1-7-17-29)30-18-8-2-9-19-30/h1-25,27,37,39,42,44H,26,28H2,(H,50,52)(H,51,55)/t37?,42-,62?/m0/s1. The monoisotopic (exact) mass is 983 g/mol. The molecule has 2 aliphatic heterocycles. The Morgan fingerprint density at radius 1 is 0.839 bits per heavy atom. The molecular weight excluding hydrogens is 948 g/mol. The van der Waals surface area contributed by atoms with Crippen LogP contribution in [-0.4, -0.2) is 65.8 Å². The Kier molecular flexibility index (Phi) is 13.0. The van der Waals surface area contributed by atoms with Crippen LogP contribution in [0.25, 0.3) is 0 Å². The quantitative estimate of drug-likeness (QED) is 0.0201. The molecule has 314 valence electrons. The van der Waals surface area contributed by atoms with Crippen LogP contribution in [0.2, 0.25) is 0 Å². The predicted octanol–water partition coefficient (Wildman–Crippen LogP) is 7.93. The number of nitrogens with zero attached hydrogens (tertiary/aromatic N) is 3. The minimum absolute atomic E-state index is 0.0553. The summed E-state index contributed by atoms with van der Waals surface area (Å²) in [6, 6.07) is 45.9. The van der Waals surface area contributed by atoms with Gasteiger partial charge in [-0.1, -0.05) is 179 Å². The van der Waals surface area contributed by atoms with Gasteiger partial charge in [0.1, 0.15) is 28.3 Å². The van der Waals surface area contributed by atoms with Crippen molar-refractivity contribution in [3.8, 4) is 0 Å². The normalized spacial score (nSPS) is 17.6. The van der Waals surface area contributed by atoms with Crippen molar-refractivity contribution in [2.75, 3.05) is 15.5 Å². The van der Waals surface area contributed by atoms with E-state index >= 15 is 0 Å². The molecule has 2 unspecified atom stereocenters.